The molecule has 0 radical (unpaired) electrons. The zero-order valence-corrected chi connectivity index (χ0v) is 11.6. The number of aliphatic hydroxyl groups excluding tert-OH is 1. The molecule has 1 atom stereocenters. The highest BCUT2D eigenvalue weighted by atomic mass is 16.7. The van der Waals surface area contributed by atoms with Crippen LogP contribution in [-0.2, 0) is 16.1 Å². The van der Waals surface area contributed by atoms with Crippen LogP contribution in [-0.4, -0.2) is 24.6 Å². The van der Waals surface area contributed by atoms with Crippen molar-refractivity contribution in [3.8, 4) is 0 Å². The first-order chi connectivity index (χ1) is 9.33. The van der Waals surface area contributed by atoms with Crippen molar-refractivity contribution in [3.63, 3.8) is 0 Å². The second kappa shape index (κ2) is 10.7. The molecule has 3 heteroatoms. The van der Waals surface area contributed by atoms with Crippen LogP contribution in [0.2, 0.25) is 0 Å². The van der Waals surface area contributed by atoms with Gasteiger partial charge in [-0.25, -0.2) is 0 Å². The van der Waals surface area contributed by atoms with Gasteiger partial charge in [0, 0.05) is 6.61 Å². The molecule has 0 aromatic heterocycles. The van der Waals surface area contributed by atoms with Crippen molar-refractivity contribution >= 4 is 0 Å². The van der Waals surface area contributed by atoms with E-state index >= 15 is 0 Å². The number of benzene rings is 1. The van der Waals surface area contributed by atoms with Crippen molar-refractivity contribution in [2.45, 2.75) is 38.9 Å². The normalized spacial score (nSPS) is 12.9. The first kappa shape index (κ1) is 15.9. The maximum Gasteiger partial charge on any atom is 0.147 e. The SMILES string of the molecule is C[C@H](C/C=C/CCCO)OCOCc1ccccc1. The molecule has 0 amide bonds. The average Bonchev–Trinajstić information content (AvgIpc) is 2.44. The molecule has 19 heavy (non-hydrogen) atoms. The Morgan fingerprint density at radius 2 is 2.00 bits per heavy atom. The van der Waals surface area contributed by atoms with Gasteiger partial charge < -0.3 is 14.6 Å². The van der Waals surface area contributed by atoms with Crippen molar-refractivity contribution in [2.75, 3.05) is 13.4 Å². The molecular formula is C16H24O3. The Morgan fingerprint density at radius 1 is 1.21 bits per heavy atom. The van der Waals surface area contributed by atoms with Gasteiger partial charge >= 0.3 is 0 Å². The smallest absolute Gasteiger partial charge is 0.147 e. The topological polar surface area (TPSA) is 38.7 Å². The Bertz CT molecular complexity index is 335. The summed E-state index contributed by atoms with van der Waals surface area (Å²) in [6.45, 7) is 3.19. The lowest BCUT2D eigenvalue weighted by Gasteiger charge is -2.11. The van der Waals surface area contributed by atoms with E-state index in [2.05, 4.69) is 12.2 Å². The quantitative estimate of drug-likeness (QED) is 0.400. The highest BCUT2D eigenvalue weighted by molar-refractivity contribution is 5.13. The van der Waals surface area contributed by atoms with Crippen LogP contribution in [0.1, 0.15) is 31.7 Å². The third-order valence-electron chi connectivity index (χ3n) is 2.71. The summed E-state index contributed by atoms with van der Waals surface area (Å²) in [7, 11) is 0. The zero-order chi connectivity index (χ0) is 13.8. The van der Waals surface area contributed by atoms with Crippen molar-refractivity contribution in [2.24, 2.45) is 0 Å². The maximum absolute atomic E-state index is 8.64. The number of allylic oxidation sites excluding steroid dienone is 1. The fourth-order valence-corrected chi connectivity index (χ4v) is 1.58. The van der Waals surface area contributed by atoms with Gasteiger partial charge in [0.2, 0.25) is 0 Å². The van der Waals surface area contributed by atoms with Gasteiger partial charge in [0.25, 0.3) is 0 Å². The molecule has 0 heterocycles. The molecule has 1 rings (SSSR count). The van der Waals surface area contributed by atoms with Crippen LogP contribution in [0.4, 0.5) is 0 Å². The fourth-order valence-electron chi connectivity index (χ4n) is 1.58. The molecule has 0 aliphatic heterocycles. The first-order valence-electron chi connectivity index (χ1n) is 6.82. The summed E-state index contributed by atoms with van der Waals surface area (Å²) >= 11 is 0. The van der Waals surface area contributed by atoms with Crippen LogP contribution < -0.4 is 0 Å². The largest absolute Gasteiger partial charge is 0.396 e. The summed E-state index contributed by atoms with van der Waals surface area (Å²) in [6.07, 6.45) is 6.96. The average molecular weight is 264 g/mol. The molecular weight excluding hydrogens is 240 g/mol. The van der Waals surface area contributed by atoms with Gasteiger partial charge in [-0.15, -0.1) is 0 Å². The zero-order valence-electron chi connectivity index (χ0n) is 11.6. The second-order valence-electron chi connectivity index (χ2n) is 4.50. The highest BCUT2D eigenvalue weighted by Gasteiger charge is 1.99. The van der Waals surface area contributed by atoms with Gasteiger partial charge in [0.15, 0.2) is 0 Å². The Morgan fingerprint density at radius 3 is 2.74 bits per heavy atom. The van der Waals surface area contributed by atoms with Crippen LogP contribution in [0.15, 0.2) is 42.5 Å². The standard InChI is InChI=1S/C16H24O3/c1-15(9-5-2-3-8-12-17)19-14-18-13-16-10-6-4-7-11-16/h2,4-7,10-11,15,17H,3,8-9,12-14H2,1H3/b5-2+/t15-/m1/s1. The van der Waals surface area contributed by atoms with E-state index in [1.165, 1.54) is 0 Å². The second-order valence-corrected chi connectivity index (χ2v) is 4.50. The molecule has 0 saturated carbocycles. The molecule has 1 aromatic rings. The third-order valence-corrected chi connectivity index (χ3v) is 2.71. The van der Waals surface area contributed by atoms with Crippen LogP contribution in [0.5, 0.6) is 0 Å². The first-order valence-corrected chi connectivity index (χ1v) is 6.82. The van der Waals surface area contributed by atoms with Crippen molar-refractivity contribution in [3.05, 3.63) is 48.0 Å². The van der Waals surface area contributed by atoms with E-state index in [-0.39, 0.29) is 12.7 Å². The van der Waals surface area contributed by atoms with Gasteiger partial charge in [-0.3, -0.25) is 0 Å². The van der Waals surface area contributed by atoms with Gasteiger partial charge in [0.1, 0.15) is 6.79 Å². The van der Waals surface area contributed by atoms with Gasteiger partial charge in [-0.1, -0.05) is 42.5 Å². The minimum atomic E-state index is 0.154. The number of hydrogen-bond acceptors (Lipinski definition) is 3. The molecule has 0 fully saturated rings. The molecule has 0 aliphatic rings. The molecule has 0 aliphatic carbocycles. The van der Waals surface area contributed by atoms with Gasteiger partial charge in [-0.05, 0) is 31.7 Å². The summed E-state index contributed by atoms with van der Waals surface area (Å²) < 4.78 is 11.0. The lowest BCUT2D eigenvalue weighted by Crippen LogP contribution is -2.10. The van der Waals surface area contributed by atoms with E-state index in [0.717, 1.165) is 24.8 Å². The van der Waals surface area contributed by atoms with Crippen LogP contribution in [0.3, 0.4) is 0 Å². The van der Waals surface area contributed by atoms with E-state index in [0.29, 0.717) is 13.4 Å². The molecule has 0 bridgehead atoms. The number of ether oxygens (including phenoxy) is 2. The molecule has 0 unspecified atom stereocenters. The lowest BCUT2D eigenvalue weighted by atomic mass is 10.2. The minimum absolute atomic E-state index is 0.154. The fraction of sp³-hybridized carbons (Fsp3) is 0.500. The number of rotatable bonds is 10. The molecule has 0 spiro atoms. The Kier molecular flexibility index (Phi) is 8.98. The van der Waals surface area contributed by atoms with E-state index < -0.39 is 0 Å². The number of hydrogen-bond donors (Lipinski definition) is 1. The van der Waals surface area contributed by atoms with E-state index in [9.17, 15) is 0 Å². The Labute approximate surface area is 115 Å². The number of unbranched alkanes of at least 4 members (excludes halogenated alkanes) is 1. The summed E-state index contributed by atoms with van der Waals surface area (Å²) in [5.41, 5.74) is 1.16. The highest BCUT2D eigenvalue weighted by Crippen LogP contribution is 2.03. The van der Waals surface area contributed by atoms with Gasteiger partial charge in [0.05, 0.1) is 12.7 Å². The van der Waals surface area contributed by atoms with Crippen molar-refractivity contribution in [1.82, 2.24) is 0 Å². The Hall–Kier alpha value is -1.16. The predicted molar refractivity (Wildman–Crippen MR) is 76.7 cm³/mol. The van der Waals surface area contributed by atoms with Crippen LogP contribution in [0.25, 0.3) is 0 Å². The molecule has 1 N–H and O–H groups in total. The summed E-state index contributed by atoms with van der Waals surface area (Å²) in [4.78, 5) is 0. The van der Waals surface area contributed by atoms with E-state index in [4.69, 9.17) is 14.6 Å². The summed E-state index contributed by atoms with van der Waals surface area (Å²) in [5.74, 6) is 0. The Balaban J connectivity index is 2.01. The monoisotopic (exact) mass is 264 g/mol. The van der Waals surface area contributed by atoms with Crippen molar-refractivity contribution in [1.29, 1.82) is 0 Å². The van der Waals surface area contributed by atoms with E-state index in [1.54, 1.807) is 0 Å². The maximum atomic E-state index is 8.64. The minimum Gasteiger partial charge on any atom is -0.396 e. The molecule has 3 nitrogen and oxygen atoms in total. The van der Waals surface area contributed by atoms with E-state index in [1.807, 2.05) is 37.3 Å². The number of aliphatic hydroxyl groups is 1. The molecule has 106 valence electrons. The lowest BCUT2D eigenvalue weighted by molar-refractivity contribution is -0.0893. The molecule has 1 aromatic carbocycles. The third kappa shape index (κ3) is 8.54. The van der Waals surface area contributed by atoms with Crippen molar-refractivity contribution < 1.29 is 14.6 Å². The molecule has 0 saturated heterocycles. The van der Waals surface area contributed by atoms with Crippen LogP contribution in [0, 0.1) is 0 Å². The summed E-state index contributed by atoms with van der Waals surface area (Å²) in [6, 6.07) is 10.1. The van der Waals surface area contributed by atoms with Gasteiger partial charge in [-0.2, -0.15) is 0 Å². The predicted octanol–water partition coefficient (Wildman–Crippen LogP) is 3.28. The van der Waals surface area contributed by atoms with Crippen LogP contribution >= 0.6 is 0 Å². The summed E-state index contributed by atoms with van der Waals surface area (Å²) in [5, 5.41) is 8.64.